The van der Waals surface area contributed by atoms with E-state index in [0.717, 1.165) is 23.5 Å². The molecule has 0 fully saturated rings. The molecule has 7 heteroatoms. The molecule has 0 unspecified atom stereocenters. The van der Waals surface area contributed by atoms with Crippen molar-refractivity contribution in [3.05, 3.63) is 35.2 Å². The van der Waals surface area contributed by atoms with E-state index in [1.54, 1.807) is 25.1 Å². The van der Waals surface area contributed by atoms with Crippen LogP contribution in [0.2, 0.25) is 0 Å². The Kier molecular flexibility index (Phi) is 5.21. The van der Waals surface area contributed by atoms with Crippen LogP contribution in [0.15, 0.2) is 18.2 Å². The Balaban J connectivity index is 1.71. The summed E-state index contributed by atoms with van der Waals surface area (Å²) in [6.07, 6.45) is -0.265. The van der Waals surface area contributed by atoms with Crippen molar-refractivity contribution in [3.63, 3.8) is 0 Å². The fourth-order valence-corrected chi connectivity index (χ4v) is 3.17. The molecule has 0 aliphatic carbocycles. The second-order valence-electron chi connectivity index (χ2n) is 7.41. The number of nitrogens with one attached hydrogen (secondary N) is 2. The van der Waals surface area contributed by atoms with Crippen molar-refractivity contribution in [1.29, 1.82) is 0 Å². The molecule has 2 amide bonds. The number of rotatable bonds is 5. The first-order chi connectivity index (χ1) is 12.7. The molecule has 1 atom stereocenters. The molecule has 2 N–H and O–H groups in total. The molecule has 1 aromatic heterocycles. The first-order valence-corrected chi connectivity index (χ1v) is 9.19. The van der Waals surface area contributed by atoms with Gasteiger partial charge in [0.25, 0.3) is 5.91 Å². The fourth-order valence-electron chi connectivity index (χ4n) is 3.17. The summed E-state index contributed by atoms with van der Waals surface area (Å²) in [6.45, 7) is 10.7. The highest BCUT2D eigenvalue weighted by Gasteiger charge is 2.24. The normalized spacial score (nSPS) is 15.9. The van der Waals surface area contributed by atoms with Crippen molar-refractivity contribution >= 4 is 23.2 Å². The summed E-state index contributed by atoms with van der Waals surface area (Å²) in [4.78, 5) is 24.3. The van der Waals surface area contributed by atoms with E-state index in [9.17, 15) is 9.59 Å². The van der Waals surface area contributed by atoms with Crippen LogP contribution in [0.1, 0.15) is 37.7 Å². The average Bonchev–Trinajstić information content (AvgIpc) is 2.83. The summed E-state index contributed by atoms with van der Waals surface area (Å²) in [5.74, 6) is 0.763. The zero-order valence-electron chi connectivity index (χ0n) is 16.4. The molecule has 0 radical (unpaired) electrons. The van der Waals surface area contributed by atoms with Crippen LogP contribution < -0.4 is 15.4 Å². The van der Waals surface area contributed by atoms with Crippen LogP contribution in [0.25, 0.3) is 0 Å². The van der Waals surface area contributed by atoms with E-state index in [1.165, 1.54) is 0 Å². The van der Waals surface area contributed by atoms with Crippen molar-refractivity contribution in [3.8, 4) is 5.75 Å². The van der Waals surface area contributed by atoms with Crippen LogP contribution in [0.4, 0.5) is 11.4 Å². The Morgan fingerprint density at radius 1 is 1.37 bits per heavy atom. The standard InChI is InChI=1S/C20H26N4O3/c1-11(2)10-24-13(4)16(12(3)23-24)9-19(25)21-15-6-7-18-17(8-15)22-20(26)14(5)27-18/h6-8,11,14H,9-10H2,1-5H3,(H,21,25)(H,22,26)/t14-/m0/s1. The molecule has 7 nitrogen and oxygen atoms in total. The first kappa shape index (κ1) is 18.9. The zero-order chi connectivity index (χ0) is 19.7. The van der Waals surface area contributed by atoms with Crippen LogP contribution in [0.3, 0.4) is 0 Å². The average molecular weight is 370 g/mol. The Bertz CT molecular complexity index is 886. The number of nitrogens with zero attached hydrogens (tertiary/aromatic N) is 2. The van der Waals surface area contributed by atoms with Gasteiger partial charge in [-0.3, -0.25) is 14.3 Å². The lowest BCUT2D eigenvalue weighted by atomic mass is 10.1. The maximum absolute atomic E-state index is 12.5. The lowest BCUT2D eigenvalue weighted by Crippen LogP contribution is -2.34. The van der Waals surface area contributed by atoms with E-state index < -0.39 is 6.10 Å². The molecule has 0 spiro atoms. The van der Waals surface area contributed by atoms with Gasteiger partial charge in [0.05, 0.1) is 17.8 Å². The van der Waals surface area contributed by atoms with Gasteiger partial charge in [0.15, 0.2) is 6.10 Å². The van der Waals surface area contributed by atoms with Crippen LogP contribution in [-0.4, -0.2) is 27.7 Å². The van der Waals surface area contributed by atoms with Gasteiger partial charge in [-0.2, -0.15) is 5.10 Å². The van der Waals surface area contributed by atoms with Gasteiger partial charge >= 0.3 is 0 Å². The van der Waals surface area contributed by atoms with Crippen LogP contribution in [0, 0.1) is 19.8 Å². The number of aryl methyl sites for hydroxylation is 1. The number of anilines is 2. The molecule has 1 aromatic carbocycles. The van der Waals surface area contributed by atoms with Gasteiger partial charge in [-0.1, -0.05) is 13.8 Å². The van der Waals surface area contributed by atoms with E-state index in [0.29, 0.717) is 23.0 Å². The lowest BCUT2D eigenvalue weighted by Gasteiger charge is -2.23. The third kappa shape index (κ3) is 4.13. The number of carbonyl (C=O) groups is 2. The SMILES string of the molecule is Cc1nn(CC(C)C)c(C)c1CC(=O)Nc1ccc2c(c1)NC(=O)[C@H](C)O2. The maximum Gasteiger partial charge on any atom is 0.265 e. The fraction of sp³-hybridized carbons (Fsp3) is 0.450. The highest BCUT2D eigenvalue weighted by atomic mass is 16.5. The van der Waals surface area contributed by atoms with Gasteiger partial charge in [0, 0.05) is 23.5 Å². The highest BCUT2D eigenvalue weighted by molar-refractivity contribution is 5.99. The molecule has 144 valence electrons. The van der Waals surface area contributed by atoms with Crippen molar-refractivity contribution in [2.75, 3.05) is 10.6 Å². The molecule has 3 rings (SSSR count). The highest BCUT2D eigenvalue weighted by Crippen LogP contribution is 2.32. The largest absolute Gasteiger partial charge is 0.479 e. The second-order valence-corrected chi connectivity index (χ2v) is 7.41. The van der Waals surface area contributed by atoms with E-state index in [-0.39, 0.29) is 18.2 Å². The number of hydrogen-bond acceptors (Lipinski definition) is 4. The second kappa shape index (κ2) is 7.42. The third-order valence-electron chi connectivity index (χ3n) is 4.60. The summed E-state index contributed by atoms with van der Waals surface area (Å²) < 4.78 is 7.50. The zero-order valence-corrected chi connectivity index (χ0v) is 16.4. The van der Waals surface area contributed by atoms with Crippen LogP contribution >= 0.6 is 0 Å². The van der Waals surface area contributed by atoms with E-state index in [1.807, 2.05) is 18.5 Å². The molecular weight excluding hydrogens is 344 g/mol. The number of aromatic nitrogens is 2. The minimum Gasteiger partial charge on any atom is -0.479 e. The molecule has 27 heavy (non-hydrogen) atoms. The van der Waals surface area contributed by atoms with E-state index in [4.69, 9.17) is 4.74 Å². The van der Waals surface area contributed by atoms with Crippen molar-refractivity contribution in [2.45, 2.75) is 53.7 Å². The van der Waals surface area contributed by atoms with Crippen LogP contribution in [0.5, 0.6) is 5.75 Å². The smallest absolute Gasteiger partial charge is 0.265 e. The van der Waals surface area contributed by atoms with Crippen LogP contribution in [-0.2, 0) is 22.6 Å². The Morgan fingerprint density at radius 3 is 2.81 bits per heavy atom. The maximum atomic E-state index is 12.5. The van der Waals surface area contributed by atoms with Crippen molar-refractivity contribution in [2.24, 2.45) is 5.92 Å². The molecule has 1 aliphatic heterocycles. The predicted octanol–water partition coefficient (Wildman–Crippen LogP) is 3.06. The number of amides is 2. The molecule has 2 heterocycles. The van der Waals surface area contributed by atoms with Gasteiger partial charge in [-0.15, -0.1) is 0 Å². The summed E-state index contributed by atoms with van der Waals surface area (Å²) in [5.41, 5.74) is 4.03. The third-order valence-corrected chi connectivity index (χ3v) is 4.60. The first-order valence-electron chi connectivity index (χ1n) is 9.19. The van der Waals surface area contributed by atoms with E-state index >= 15 is 0 Å². The number of fused-ring (bicyclic) bond motifs is 1. The molecule has 0 saturated heterocycles. The van der Waals surface area contributed by atoms with Gasteiger partial charge in [0.2, 0.25) is 5.91 Å². The van der Waals surface area contributed by atoms with Gasteiger partial charge < -0.3 is 15.4 Å². The van der Waals surface area contributed by atoms with Crippen molar-refractivity contribution < 1.29 is 14.3 Å². The summed E-state index contributed by atoms with van der Waals surface area (Å²) in [6, 6.07) is 5.22. The number of carbonyl (C=O) groups excluding carboxylic acids is 2. The van der Waals surface area contributed by atoms with Crippen molar-refractivity contribution in [1.82, 2.24) is 9.78 Å². The van der Waals surface area contributed by atoms with E-state index in [2.05, 4.69) is 29.6 Å². The topological polar surface area (TPSA) is 85.3 Å². The molecule has 2 aromatic rings. The lowest BCUT2D eigenvalue weighted by molar-refractivity contribution is -0.122. The quantitative estimate of drug-likeness (QED) is 0.847. The molecular formula is C20H26N4O3. The molecule has 0 bridgehead atoms. The minimum absolute atomic E-state index is 0.123. The number of benzene rings is 1. The number of ether oxygens (including phenoxy) is 1. The Hall–Kier alpha value is -2.83. The monoisotopic (exact) mass is 370 g/mol. The van der Waals surface area contributed by atoms with Gasteiger partial charge in [-0.25, -0.2) is 0 Å². The predicted molar refractivity (Wildman–Crippen MR) is 104 cm³/mol. The summed E-state index contributed by atoms with van der Waals surface area (Å²) in [7, 11) is 0. The molecule has 0 saturated carbocycles. The minimum atomic E-state index is -0.522. The Labute approximate surface area is 159 Å². The Morgan fingerprint density at radius 2 is 2.11 bits per heavy atom. The van der Waals surface area contributed by atoms with Gasteiger partial charge in [-0.05, 0) is 44.9 Å². The summed E-state index contributed by atoms with van der Waals surface area (Å²) >= 11 is 0. The number of hydrogen-bond donors (Lipinski definition) is 2. The summed E-state index contributed by atoms with van der Waals surface area (Å²) in [5, 5.41) is 10.2. The van der Waals surface area contributed by atoms with Gasteiger partial charge in [0.1, 0.15) is 5.75 Å². The molecule has 1 aliphatic rings.